The van der Waals surface area contributed by atoms with E-state index in [0.29, 0.717) is 11.6 Å². The van der Waals surface area contributed by atoms with Crippen LogP contribution in [0.25, 0.3) is 0 Å². The van der Waals surface area contributed by atoms with E-state index >= 15 is 0 Å². The maximum Gasteiger partial charge on any atom is 0.335 e. The van der Waals surface area contributed by atoms with Crippen LogP contribution in [0.3, 0.4) is 0 Å². The van der Waals surface area contributed by atoms with Crippen LogP contribution in [0.15, 0.2) is 23.9 Å². The number of carboxylic acids is 1. The van der Waals surface area contributed by atoms with Crippen LogP contribution in [0, 0.1) is 0 Å². The predicted octanol–water partition coefficient (Wildman–Crippen LogP) is 0.828. The van der Waals surface area contributed by atoms with E-state index in [-0.39, 0.29) is 6.17 Å². The van der Waals surface area contributed by atoms with Crippen molar-refractivity contribution >= 4 is 5.97 Å². The number of aliphatic carboxylic acids is 1. The Labute approximate surface area is 83.7 Å². The molecule has 0 bridgehead atoms. The van der Waals surface area contributed by atoms with E-state index in [1.807, 2.05) is 0 Å². The Balaban J connectivity index is 2.57. The molecule has 0 aliphatic carbocycles. The third-order valence-corrected chi connectivity index (χ3v) is 2.21. The molecule has 78 valence electrons. The topological polar surface area (TPSA) is 61.4 Å². The molecule has 2 atom stereocenters. The average Bonchev–Trinajstić information content (AvgIpc) is 2.18. The van der Waals surface area contributed by atoms with Gasteiger partial charge in [-0.05, 0) is 31.7 Å². The zero-order valence-corrected chi connectivity index (χ0v) is 8.45. The summed E-state index contributed by atoms with van der Waals surface area (Å²) in [5, 5.41) is 15.1. The average molecular weight is 196 g/mol. The van der Waals surface area contributed by atoms with Crippen molar-refractivity contribution in [1.29, 1.82) is 0 Å². The number of hydrogen-bond acceptors (Lipinski definition) is 3. The van der Waals surface area contributed by atoms with E-state index in [9.17, 15) is 4.79 Å². The summed E-state index contributed by atoms with van der Waals surface area (Å²) >= 11 is 0. The van der Waals surface area contributed by atoms with Crippen LogP contribution in [0.2, 0.25) is 0 Å². The predicted molar refractivity (Wildman–Crippen MR) is 54.7 cm³/mol. The zero-order valence-electron chi connectivity index (χ0n) is 8.45. The van der Waals surface area contributed by atoms with Gasteiger partial charge in [0.25, 0.3) is 0 Å². The van der Waals surface area contributed by atoms with E-state index in [1.165, 1.54) is 0 Å². The molecule has 14 heavy (non-hydrogen) atoms. The van der Waals surface area contributed by atoms with Crippen LogP contribution in [0.1, 0.15) is 20.3 Å². The van der Waals surface area contributed by atoms with Crippen LogP contribution in [-0.2, 0) is 4.79 Å². The summed E-state index contributed by atoms with van der Waals surface area (Å²) in [4.78, 5) is 10.7. The van der Waals surface area contributed by atoms with Gasteiger partial charge < -0.3 is 10.4 Å². The molecule has 4 nitrogen and oxygen atoms in total. The van der Waals surface area contributed by atoms with Crippen molar-refractivity contribution in [2.75, 3.05) is 0 Å². The van der Waals surface area contributed by atoms with Gasteiger partial charge in [-0.15, -0.1) is 0 Å². The molecule has 1 heterocycles. The largest absolute Gasteiger partial charge is 0.478 e. The molecule has 0 aromatic carbocycles. The molecule has 3 N–H and O–H groups in total. The Morgan fingerprint density at radius 2 is 2.50 bits per heavy atom. The molecular weight excluding hydrogens is 180 g/mol. The molecule has 0 saturated carbocycles. The lowest BCUT2D eigenvalue weighted by Crippen LogP contribution is -2.44. The van der Waals surface area contributed by atoms with Gasteiger partial charge in [-0.25, -0.2) is 4.79 Å². The molecule has 0 radical (unpaired) electrons. The molecule has 1 rings (SSSR count). The van der Waals surface area contributed by atoms with Crippen LogP contribution >= 0.6 is 0 Å². The first kappa shape index (κ1) is 10.8. The molecule has 1 unspecified atom stereocenters. The highest BCUT2D eigenvalue weighted by atomic mass is 16.4. The highest BCUT2D eigenvalue weighted by Gasteiger charge is 2.13. The maximum atomic E-state index is 10.7. The van der Waals surface area contributed by atoms with Gasteiger partial charge in [0.05, 0.1) is 11.7 Å². The summed E-state index contributed by atoms with van der Waals surface area (Å²) in [5.74, 6) is -0.890. The summed E-state index contributed by atoms with van der Waals surface area (Å²) in [7, 11) is 0. The summed E-state index contributed by atoms with van der Waals surface area (Å²) in [6.45, 7) is 4.15. The summed E-state index contributed by atoms with van der Waals surface area (Å²) in [6.07, 6.45) is 5.81. The van der Waals surface area contributed by atoms with E-state index in [4.69, 9.17) is 5.11 Å². The standard InChI is InChI=1S/C10H16N2O2/c1-3-7(2)12-9-6-8(10(13)14)4-5-11-9/h4-7,9,11-12H,3H2,1-2H3,(H,13,14)/t7-,9?/m1/s1. The third-order valence-electron chi connectivity index (χ3n) is 2.21. The summed E-state index contributed by atoms with van der Waals surface area (Å²) < 4.78 is 0. The highest BCUT2D eigenvalue weighted by Crippen LogP contribution is 2.04. The second kappa shape index (κ2) is 4.81. The van der Waals surface area contributed by atoms with E-state index in [0.717, 1.165) is 6.42 Å². The molecule has 4 heteroatoms. The molecular formula is C10H16N2O2. The number of nitrogens with one attached hydrogen (secondary N) is 2. The van der Waals surface area contributed by atoms with Crippen LogP contribution in [-0.4, -0.2) is 23.3 Å². The first-order valence-electron chi connectivity index (χ1n) is 4.77. The van der Waals surface area contributed by atoms with Crippen LogP contribution < -0.4 is 10.6 Å². The maximum absolute atomic E-state index is 10.7. The van der Waals surface area contributed by atoms with Crippen molar-refractivity contribution in [1.82, 2.24) is 10.6 Å². The molecule has 0 amide bonds. The lowest BCUT2D eigenvalue weighted by Gasteiger charge is -2.22. The smallest absolute Gasteiger partial charge is 0.335 e. The fraction of sp³-hybridized carbons (Fsp3) is 0.500. The third kappa shape index (κ3) is 2.88. The van der Waals surface area contributed by atoms with Crippen molar-refractivity contribution in [2.24, 2.45) is 0 Å². The van der Waals surface area contributed by atoms with Crippen molar-refractivity contribution < 1.29 is 9.90 Å². The van der Waals surface area contributed by atoms with E-state index in [2.05, 4.69) is 24.5 Å². The number of rotatable bonds is 4. The molecule has 0 spiro atoms. The second-order valence-corrected chi connectivity index (χ2v) is 3.38. The minimum atomic E-state index is -0.890. The minimum Gasteiger partial charge on any atom is -0.478 e. The van der Waals surface area contributed by atoms with Gasteiger partial charge in [-0.3, -0.25) is 5.32 Å². The lowest BCUT2D eigenvalue weighted by molar-refractivity contribution is -0.132. The number of dihydropyridines is 1. The van der Waals surface area contributed by atoms with Gasteiger partial charge in [0.15, 0.2) is 0 Å². The van der Waals surface area contributed by atoms with Gasteiger partial charge >= 0.3 is 5.97 Å². The van der Waals surface area contributed by atoms with Crippen LogP contribution in [0.5, 0.6) is 0 Å². The Morgan fingerprint density at radius 1 is 1.79 bits per heavy atom. The first-order valence-corrected chi connectivity index (χ1v) is 4.77. The van der Waals surface area contributed by atoms with Crippen LogP contribution in [0.4, 0.5) is 0 Å². The molecule has 1 aliphatic rings. The number of hydrogen-bond donors (Lipinski definition) is 3. The molecule has 0 fully saturated rings. The van der Waals surface area contributed by atoms with Crippen molar-refractivity contribution in [3.05, 3.63) is 23.9 Å². The zero-order chi connectivity index (χ0) is 10.6. The minimum absolute atomic E-state index is 0.0824. The molecule has 1 aliphatic heterocycles. The Kier molecular flexibility index (Phi) is 3.71. The Morgan fingerprint density at radius 3 is 3.07 bits per heavy atom. The quantitative estimate of drug-likeness (QED) is 0.623. The van der Waals surface area contributed by atoms with Gasteiger partial charge in [-0.1, -0.05) is 6.92 Å². The van der Waals surface area contributed by atoms with Crippen molar-refractivity contribution in [3.63, 3.8) is 0 Å². The van der Waals surface area contributed by atoms with Gasteiger partial charge in [0.2, 0.25) is 0 Å². The molecule has 0 aromatic heterocycles. The van der Waals surface area contributed by atoms with Gasteiger partial charge in [0.1, 0.15) is 0 Å². The normalized spacial score (nSPS) is 22.4. The second-order valence-electron chi connectivity index (χ2n) is 3.38. The fourth-order valence-corrected chi connectivity index (χ4v) is 1.19. The monoisotopic (exact) mass is 196 g/mol. The number of carboxylic acid groups (broad SMARTS) is 1. The Bertz CT molecular complexity index is 271. The van der Waals surface area contributed by atoms with Crippen molar-refractivity contribution in [3.8, 4) is 0 Å². The SMILES string of the molecule is CC[C@@H](C)NC1C=C(C(=O)O)C=CN1. The molecule has 0 aromatic rings. The lowest BCUT2D eigenvalue weighted by atomic mass is 10.1. The van der Waals surface area contributed by atoms with Gasteiger partial charge in [-0.2, -0.15) is 0 Å². The van der Waals surface area contributed by atoms with E-state index < -0.39 is 5.97 Å². The summed E-state index contributed by atoms with van der Waals surface area (Å²) in [5.41, 5.74) is 0.324. The molecule has 0 saturated heterocycles. The van der Waals surface area contributed by atoms with E-state index in [1.54, 1.807) is 18.4 Å². The van der Waals surface area contributed by atoms with Gasteiger partial charge in [0, 0.05) is 6.04 Å². The van der Waals surface area contributed by atoms with Crippen molar-refractivity contribution in [2.45, 2.75) is 32.5 Å². The fourth-order valence-electron chi connectivity index (χ4n) is 1.19. The number of carbonyl (C=O) groups is 1. The summed E-state index contributed by atoms with van der Waals surface area (Å²) in [6, 6.07) is 0.366. The Hall–Kier alpha value is -1.29. The highest BCUT2D eigenvalue weighted by molar-refractivity contribution is 5.90. The first-order chi connectivity index (χ1) is 6.63.